The van der Waals surface area contributed by atoms with E-state index in [2.05, 4.69) is 6.92 Å². The van der Waals surface area contributed by atoms with Crippen molar-refractivity contribution in [3.05, 3.63) is 0 Å². The molecule has 1 aliphatic rings. The van der Waals surface area contributed by atoms with Gasteiger partial charge in [-0.2, -0.15) is 0 Å². The highest BCUT2D eigenvalue weighted by molar-refractivity contribution is 7.59. The minimum absolute atomic E-state index is 0.728. The first-order valence-corrected chi connectivity index (χ1v) is 7.99. The van der Waals surface area contributed by atoms with Gasteiger partial charge < -0.3 is 4.52 Å². The Kier molecular flexibility index (Phi) is 5.81. The summed E-state index contributed by atoms with van der Waals surface area (Å²) in [5.74, 6) is 0. The summed E-state index contributed by atoms with van der Waals surface area (Å²) < 4.78 is 17.5. The summed E-state index contributed by atoms with van der Waals surface area (Å²) in [6, 6.07) is 0. The Balaban J connectivity index is 2.07. The van der Waals surface area contributed by atoms with Gasteiger partial charge in [0.2, 0.25) is 7.37 Å². The van der Waals surface area contributed by atoms with Crippen molar-refractivity contribution in [2.24, 2.45) is 0 Å². The van der Waals surface area contributed by atoms with Crippen LogP contribution in [0.3, 0.4) is 0 Å². The van der Waals surface area contributed by atoms with Gasteiger partial charge in [-0.05, 0) is 19.3 Å². The molecule has 0 bridgehead atoms. The van der Waals surface area contributed by atoms with Gasteiger partial charge in [0.05, 0.1) is 6.61 Å². The first kappa shape index (κ1) is 12.3. The van der Waals surface area contributed by atoms with Crippen LogP contribution in [0.25, 0.3) is 0 Å². The predicted molar refractivity (Wildman–Crippen MR) is 61.3 cm³/mol. The lowest BCUT2D eigenvalue weighted by Gasteiger charge is -2.22. The van der Waals surface area contributed by atoms with Crippen LogP contribution in [-0.4, -0.2) is 18.9 Å². The van der Waals surface area contributed by atoms with E-state index in [1.807, 2.05) is 0 Å². The third kappa shape index (κ3) is 4.61. The van der Waals surface area contributed by atoms with Crippen LogP contribution >= 0.6 is 7.37 Å². The Labute approximate surface area is 87.9 Å². The molecule has 84 valence electrons. The van der Waals surface area contributed by atoms with Crippen LogP contribution in [0.2, 0.25) is 0 Å². The highest BCUT2D eigenvalue weighted by Gasteiger charge is 2.24. The van der Waals surface area contributed by atoms with E-state index in [1.54, 1.807) is 0 Å². The quantitative estimate of drug-likeness (QED) is 0.496. The third-order valence-electron chi connectivity index (χ3n) is 2.82. The number of hydrogen-bond acceptors (Lipinski definition) is 2. The minimum Gasteiger partial charge on any atom is -0.328 e. The molecule has 0 radical (unpaired) electrons. The van der Waals surface area contributed by atoms with Crippen molar-refractivity contribution in [2.75, 3.05) is 18.9 Å². The van der Waals surface area contributed by atoms with E-state index in [1.165, 1.54) is 25.7 Å². The van der Waals surface area contributed by atoms with Gasteiger partial charge >= 0.3 is 0 Å². The van der Waals surface area contributed by atoms with Crippen LogP contribution in [-0.2, 0) is 9.09 Å². The van der Waals surface area contributed by atoms with Gasteiger partial charge in [-0.25, -0.2) is 0 Å². The van der Waals surface area contributed by atoms with Gasteiger partial charge in [0.1, 0.15) is 0 Å². The molecule has 0 aromatic rings. The number of rotatable bonds is 6. The number of hydrogen-bond donors (Lipinski definition) is 0. The Morgan fingerprint density at radius 2 is 1.93 bits per heavy atom. The largest absolute Gasteiger partial charge is 0.328 e. The molecule has 1 fully saturated rings. The van der Waals surface area contributed by atoms with Gasteiger partial charge in [-0.15, -0.1) is 0 Å². The second-order valence-electron chi connectivity index (χ2n) is 4.22. The number of unbranched alkanes of at least 4 members (excludes halogenated alkanes) is 4. The molecule has 1 rings (SSSR count). The molecule has 0 spiro atoms. The summed E-state index contributed by atoms with van der Waals surface area (Å²) in [5.41, 5.74) is 0. The van der Waals surface area contributed by atoms with Crippen molar-refractivity contribution >= 4 is 7.37 Å². The van der Waals surface area contributed by atoms with Crippen molar-refractivity contribution < 1.29 is 9.09 Å². The second kappa shape index (κ2) is 6.63. The fourth-order valence-electron chi connectivity index (χ4n) is 1.88. The van der Waals surface area contributed by atoms with Crippen molar-refractivity contribution in [2.45, 2.75) is 51.9 Å². The van der Waals surface area contributed by atoms with E-state index in [4.69, 9.17) is 4.52 Å². The molecule has 2 nitrogen and oxygen atoms in total. The lowest BCUT2D eigenvalue weighted by atomic mass is 10.2. The third-order valence-corrected chi connectivity index (χ3v) is 5.47. The Hall–Kier alpha value is 0.190. The molecule has 0 aliphatic carbocycles. The predicted octanol–water partition coefficient (Wildman–Crippen LogP) is 4.05. The van der Waals surface area contributed by atoms with Gasteiger partial charge in [-0.1, -0.05) is 32.6 Å². The highest BCUT2D eigenvalue weighted by atomic mass is 31.2. The first-order chi connectivity index (χ1) is 6.77. The maximum absolute atomic E-state index is 12.0. The maximum atomic E-state index is 12.0. The molecule has 0 N–H and O–H groups in total. The van der Waals surface area contributed by atoms with Crippen LogP contribution in [0.1, 0.15) is 51.9 Å². The van der Waals surface area contributed by atoms with Crippen LogP contribution in [0.4, 0.5) is 0 Å². The lowest BCUT2D eigenvalue weighted by Crippen LogP contribution is -2.08. The summed E-state index contributed by atoms with van der Waals surface area (Å²) in [5, 5.41) is 0. The van der Waals surface area contributed by atoms with E-state index < -0.39 is 7.37 Å². The molecule has 1 heterocycles. The van der Waals surface area contributed by atoms with Gasteiger partial charge in [0, 0.05) is 12.3 Å². The van der Waals surface area contributed by atoms with Gasteiger partial charge in [0.15, 0.2) is 0 Å². The monoisotopic (exact) mass is 218 g/mol. The van der Waals surface area contributed by atoms with Gasteiger partial charge in [0.25, 0.3) is 0 Å². The molecule has 1 unspecified atom stereocenters. The van der Waals surface area contributed by atoms with Crippen LogP contribution in [0.5, 0.6) is 0 Å². The molecule has 3 heteroatoms. The molecule has 1 aliphatic heterocycles. The fourth-order valence-corrected chi connectivity index (χ4v) is 4.24. The summed E-state index contributed by atoms with van der Waals surface area (Å²) in [7, 11) is -2.16. The van der Waals surface area contributed by atoms with Crippen LogP contribution in [0, 0.1) is 0 Å². The smallest absolute Gasteiger partial charge is 0.203 e. The Morgan fingerprint density at radius 1 is 1.14 bits per heavy atom. The zero-order valence-corrected chi connectivity index (χ0v) is 10.2. The van der Waals surface area contributed by atoms with Gasteiger partial charge in [-0.3, -0.25) is 4.57 Å². The van der Waals surface area contributed by atoms with Crippen molar-refractivity contribution in [1.29, 1.82) is 0 Å². The second-order valence-corrected chi connectivity index (χ2v) is 7.00. The van der Waals surface area contributed by atoms with E-state index in [0.29, 0.717) is 0 Å². The van der Waals surface area contributed by atoms with Crippen molar-refractivity contribution in [3.63, 3.8) is 0 Å². The Bertz CT molecular complexity index is 182. The van der Waals surface area contributed by atoms with Crippen LogP contribution < -0.4 is 0 Å². The van der Waals surface area contributed by atoms with E-state index in [9.17, 15) is 4.57 Å². The molecular weight excluding hydrogens is 195 g/mol. The van der Waals surface area contributed by atoms with Crippen molar-refractivity contribution in [1.82, 2.24) is 0 Å². The fraction of sp³-hybridized carbons (Fsp3) is 1.00. The molecule has 0 saturated carbocycles. The SMILES string of the molecule is CCCCCCCP1(=O)CCCCO1. The summed E-state index contributed by atoms with van der Waals surface area (Å²) in [4.78, 5) is 0. The van der Waals surface area contributed by atoms with E-state index in [-0.39, 0.29) is 0 Å². The normalized spacial score (nSPS) is 27.8. The molecule has 1 atom stereocenters. The van der Waals surface area contributed by atoms with E-state index in [0.717, 1.165) is 38.2 Å². The molecule has 1 saturated heterocycles. The van der Waals surface area contributed by atoms with Crippen LogP contribution in [0.15, 0.2) is 0 Å². The summed E-state index contributed by atoms with van der Waals surface area (Å²) in [6.07, 6.45) is 10.1. The Morgan fingerprint density at radius 3 is 2.57 bits per heavy atom. The average molecular weight is 218 g/mol. The average Bonchev–Trinajstić information content (AvgIpc) is 2.18. The van der Waals surface area contributed by atoms with E-state index >= 15 is 0 Å². The maximum Gasteiger partial charge on any atom is 0.203 e. The topological polar surface area (TPSA) is 26.3 Å². The molecule has 0 amide bonds. The summed E-state index contributed by atoms with van der Waals surface area (Å²) in [6.45, 7) is 2.94. The molecule has 0 aromatic heterocycles. The first-order valence-electron chi connectivity index (χ1n) is 5.99. The zero-order valence-electron chi connectivity index (χ0n) is 9.33. The van der Waals surface area contributed by atoms with Crippen molar-refractivity contribution in [3.8, 4) is 0 Å². The lowest BCUT2D eigenvalue weighted by molar-refractivity contribution is 0.285. The molecule has 0 aromatic carbocycles. The molecular formula is C11H23O2P. The standard InChI is InChI=1S/C11H23O2P/c1-2-3-4-5-7-10-14(12)11-8-6-9-13-14/h2-11H2,1H3. The highest BCUT2D eigenvalue weighted by Crippen LogP contribution is 2.50. The minimum atomic E-state index is -2.16. The molecule has 14 heavy (non-hydrogen) atoms. The summed E-state index contributed by atoms with van der Waals surface area (Å²) >= 11 is 0. The zero-order chi connectivity index (χ0) is 10.3.